The Morgan fingerprint density at radius 1 is 1.05 bits per heavy atom. The Hall–Kier alpha value is -1.01. The van der Waals surface area contributed by atoms with Gasteiger partial charge in [0.05, 0.1) is 0 Å². The van der Waals surface area contributed by atoms with Crippen LogP contribution in [0.1, 0.15) is 54.9 Å². The van der Waals surface area contributed by atoms with E-state index in [0.29, 0.717) is 0 Å². The van der Waals surface area contributed by atoms with E-state index in [1.54, 1.807) is 48.5 Å². The lowest BCUT2D eigenvalue weighted by Crippen LogP contribution is -2.48. The van der Waals surface area contributed by atoms with Crippen molar-refractivity contribution in [2.45, 2.75) is 78.2 Å². The molecule has 6 nitrogen and oxygen atoms in total. The van der Waals surface area contributed by atoms with Crippen LogP contribution in [-0.4, -0.2) is 35.3 Å². The van der Waals surface area contributed by atoms with Crippen LogP contribution in [0.5, 0.6) is 0 Å². The van der Waals surface area contributed by atoms with Crippen molar-refractivity contribution in [2.75, 3.05) is 0 Å². The van der Waals surface area contributed by atoms with E-state index in [9.17, 15) is 9.59 Å². The molecule has 0 saturated heterocycles. The minimum absolute atomic E-state index is 0. The first-order valence-corrected chi connectivity index (χ1v) is 6.78. The lowest BCUT2D eigenvalue weighted by molar-refractivity contribution is -0.157. The first kappa shape index (κ1) is 22.3. The molecule has 21 heavy (non-hydrogen) atoms. The summed E-state index contributed by atoms with van der Waals surface area (Å²) in [5, 5.41) is 2.51. The van der Waals surface area contributed by atoms with E-state index in [1.165, 1.54) is 0 Å². The molecule has 0 bridgehead atoms. The maximum absolute atomic E-state index is 12.0. The average Bonchev–Trinajstić information content (AvgIpc) is 2.09. The molecule has 2 atom stereocenters. The van der Waals surface area contributed by atoms with Gasteiger partial charge in [0.25, 0.3) is 0 Å². The van der Waals surface area contributed by atoms with E-state index in [4.69, 9.17) is 15.2 Å². The summed E-state index contributed by atoms with van der Waals surface area (Å²) in [5.74, 6) is -0.513. The highest BCUT2D eigenvalue weighted by molar-refractivity contribution is 5.85. The highest BCUT2D eigenvalue weighted by Gasteiger charge is 2.29. The Balaban J connectivity index is 0. The Kier molecular flexibility index (Phi) is 8.95. The van der Waals surface area contributed by atoms with E-state index in [2.05, 4.69) is 5.32 Å². The first-order chi connectivity index (χ1) is 8.80. The van der Waals surface area contributed by atoms with Gasteiger partial charge in [-0.1, -0.05) is 0 Å². The van der Waals surface area contributed by atoms with Gasteiger partial charge in [0.1, 0.15) is 17.2 Å². The molecule has 0 radical (unpaired) electrons. The monoisotopic (exact) mass is 324 g/mol. The van der Waals surface area contributed by atoms with Crippen molar-refractivity contribution >= 4 is 24.5 Å². The summed E-state index contributed by atoms with van der Waals surface area (Å²) >= 11 is 0. The summed E-state index contributed by atoms with van der Waals surface area (Å²) in [7, 11) is 0. The smallest absolute Gasteiger partial charge is 0.408 e. The third-order valence-corrected chi connectivity index (χ3v) is 1.99. The summed E-state index contributed by atoms with van der Waals surface area (Å²) in [5.41, 5.74) is 4.45. The number of amides is 1. The fraction of sp³-hybridized carbons (Fsp3) is 0.857. The molecule has 0 spiro atoms. The molecule has 0 heterocycles. The predicted molar refractivity (Wildman–Crippen MR) is 84.5 cm³/mol. The van der Waals surface area contributed by atoms with Gasteiger partial charge in [-0.3, -0.25) is 0 Å². The molecule has 0 unspecified atom stereocenters. The van der Waals surface area contributed by atoms with E-state index in [-0.39, 0.29) is 24.9 Å². The maximum atomic E-state index is 12.0. The molecule has 0 saturated carbocycles. The van der Waals surface area contributed by atoms with E-state index >= 15 is 0 Å². The zero-order chi connectivity index (χ0) is 16.1. The number of carbonyl (C=O) groups excluding carboxylic acids is 2. The molecular weight excluding hydrogens is 296 g/mol. The summed E-state index contributed by atoms with van der Waals surface area (Å²) in [6.45, 7) is 12.3. The predicted octanol–water partition coefficient (Wildman–Crippen LogP) is 2.38. The lowest BCUT2D eigenvalue weighted by Gasteiger charge is -2.26. The second kappa shape index (κ2) is 8.44. The molecule has 0 aromatic carbocycles. The van der Waals surface area contributed by atoms with Gasteiger partial charge in [0.15, 0.2) is 0 Å². The topological polar surface area (TPSA) is 90.6 Å². The standard InChI is InChI=1S/C14H28N2O4.ClH/c1-9(15)8-10(11(17)19-13(2,3)4)16-12(18)20-14(5,6)7;/h9-10H,8,15H2,1-7H3,(H,16,18);1H/t9-,10-;/m0./s1. The van der Waals surface area contributed by atoms with Gasteiger partial charge >= 0.3 is 12.1 Å². The molecule has 126 valence electrons. The Labute approximate surface area is 133 Å². The highest BCUT2D eigenvalue weighted by atomic mass is 35.5. The van der Waals surface area contributed by atoms with Crippen LogP contribution in [0.2, 0.25) is 0 Å². The molecule has 3 N–H and O–H groups in total. The van der Waals surface area contributed by atoms with E-state index in [0.717, 1.165) is 0 Å². The van der Waals surface area contributed by atoms with E-state index in [1.807, 2.05) is 0 Å². The summed E-state index contributed by atoms with van der Waals surface area (Å²) in [6.07, 6.45) is -0.372. The van der Waals surface area contributed by atoms with Crippen LogP contribution in [-0.2, 0) is 14.3 Å². The number of esters is 1. The number of halogens is 1. The van der Waals surface area contributed by atoms with Crippen LogP contribution in [0.4, 0.5) is 4.79 Å². The Morgan fingerprint density at radius 3 is 1.81 bits per heavy atom. The molecule has 0 aliphatic heterocycles. The fourth-order valence-corrected chi connectivity index (χ4v) is 1.41. The van der Waals surface area contributed by atoms with Crippen molar-refractivity contribution in [3.8, 4) is 0 Å². The van der Waals surface area contributed by atoms with Crippen molar-refractivity contribution in [2.24, 2.45) is 5.73 Å². The highest BCUT2D eigenvalue weighted by Crippen LogP contribution is 2.12. The summed E-state index contributed by atoms with van der Waals surface area (Å²) < 4.78 is 10.4. The molecule has 0 rings (SSSR count). The second-order valence-corrected chi connectivity index (χ2v) is 6.95. The SMILES string of the molecule is C[C@H](N)C[C@H](NC(=O)OC(C)(C)C)C(=O)OC(C)(C)C.Cl. The Morgan fingerprint density at radius 2 is 1.48 bits per heavy atom. The molecule has 0 aliphatic rings. The van der Waals surface area contributed by atoms with Crippen LogP contribution < -0.4 is 11.1 Å². The number of alkyl carbamates (subject to hydrolysis) is 1. The molecule has 0 aromatic rings. The minimum Gasteiger partial charge on any atom is -0.458 e. The van der Waals surface area contributed by atoms with Crippen LogP contribution in [0, 0.1) is 0 Å². The van der Waals surface area contributed by atoms with Crippen LogP contribution in [0.15, 0.2) is 0 Å². The zero-order valence-electron chi connectivity index (χ0n) is 14.0. The molecule has 7 heteroatoms. The fourth-order valence-electron chi connectivity index (χ4n) is 1.41. The van der Waals surface area contributed by atoms with Crippen molar-refractivity contribution < 1.29 is 19.1 Å². The average molecular weight is 325 g/mol. The van der Waals surface area contributed by atoms with Gasteiger partial charge in [0, 0.05) is 6.04 Å². The van der Waals surface area contributed by atoms with E-state index < -0.39 is 29.3 Å². The number of nitrogens with one attached hydrogen (secondary N) is 1. The molecule has 1 amide bonds. The van der Waals surface area contributed by atoms with Crippen molar-refractivity contribution in [1.82, 2.24) is 5.32 Å². The van der Waals surface area contributed by atoms with Gasteiger partial charge in [-0.2, -0.15) is 0 Å². The van der Waals surface area contributed by atoms with Crippen molar-refractivity contribution in [1.29, 1.82) is 0 Å². The summed E-state index contributed by atoms with van der Waals surface area (Å²) in [4.78, 5) is 23.8. The first-order valence-electron chi connectivity index (χ1n) is 6.78. The van der Waals surface area contributed by atoms with Crippen molar-refractivity contribution in [3.63, 3.8) is 0 Å². The molecule has 0 aliphatic carbocycles. The second-order valence-electron chi connectivity index (χ2n) is 6.95. The zero-order valence-corrected chi connectivity index (χ0v) is 14.8. The van der Waals surface area contributed by atoms with Gasteiger partial charge < -0.3 is 20.5 Å². The number of hydrogen-bond acceptors (Lipinski definition) is 5. The van der Waals surface area contributed by atoms with Gasteiger partial charge in [-0.15, -0.1) is 12.4 Å². The van der Waals surface area contributed by atoms with Gasteiger partial charge in [-0.25, -0.2) is 9.59 Å². The number of rotatable bonds is 4. The largest absolute Gasteiger partial charge is 0.458 e. The number of hydrogen-bond donors (Lipinski definition) is 2. The molecule has 0 fully saturated rings. The number of ether oxygens (including phenoxy) is 2. The third kappa shape index (κ3) is 12.4. The van der Waals surface area contributed by atoms with Gasteiger partial charge in [0.2, 0.25) is 0 Å². The Bertz CT molecular complexity index is 346. The quantitative estimate of drug-likeness (QED) is 0.775. The minimum atomic E-state index is -0.816. The van der Waals surface area contributed by atoms with Gasteiger partial charge in [-0.05, 0) is 54.9 Å². The molecular formula is C14H29ClN2O4. The lowest BCUT2D eigenvalue weighted by atomic mass is 10.1. The third-order valence-electron chi connectivity index (χ3n) is 1.99. The normalized spacial score (nSPS) is 14.5. The number of nitrogens with two attached hydrogens (primary N) is 1. The maximum Gasteiger partial charge on any atom is 0.408 e. The number of carbonyl (C=O) groups is 2. The van der Waals surface area contributed by atoms with Crippen LogP contribution in [0.25, 0.3) is 0 Å². The summed E-state index contributed by atoms with van der Waals surface area (Å²) in [6, 6.07) is -1.06. The van der Waals surface area contributed by atoms with Crippen molar-refractivity contribution in [3.05, 3.63) is 0 Å². The van der Waals surface area contributed by atoms with Crippen LogP contribution in [0.3, 0.4) is 0 Å². The van der Waals surface area contributed by atoms with Crippen LogP contribution >= 0.6 is 12.4 Å². The molecule has 0 aromatic heterocycles.